The van der Waals surface area contributed by atoms with Crippen LogP contribution >= 0.6 is 0 Å². The van der Waals surface area contributed by atoms with E-state index in [0.29, 0.717) is 17.8 Å². The molecule has 0 spiro atoms. The van der Waals surface area contributed by atoms with Crippen molar-refractivity contribution in [1.82, 2.24) is 10.2 Å². The number of anilines is 1. The van der Waals surface area contributed by atoms with Crippen LogP contribution in [0.3, 0.4) is 0 Å². The monoisotopic (exact) mass is 291 g/mol. The topological polar surface area (TPSA) is 95.7 Å². The predicted octanol–water partition coefficient (Wildman–Crippen LogP) is 0.372. The Morgan fingerprint density at radius 2 is 2.00 bits per heavy atom. The summed E-state index contributed by atoms with van der Waals surface area (Å²) in [7, 11) is 0. The fraction of sp³-hybridized carbons (Fsp3) is 0.467. The molecule has 1 saturated heterocycles. The van der Waals surface area contributed by atoms with Gasteiger partial charge in [0.05, 0.1) is 19.2 Å². The number of aliphatic hydroxyl groups is 1. The molecular weight excluding hydrogens is 270 g/mol. The van der Waals surface area contributed by atoms with Crippen LogP contribution in [0.5, 0.6) is 0 Å². The Bertz CT molecular complexity index is 501. The maximum absolute atomic E-state index is 12.1. The fourth-order valence-electron chi connectivity index (χ4n) is 2.51. The van der Waals surface area contributed by atoms with Crippen molar-refractivity contribution >= 4 is 17.5 Å². The number of amides is 2. The second-order valence-electron chi connectivity index (χ2n) is 5.22. The average molecular weight is 291 g/mol. The van der Waals surface area contributed by atoms with Crippen LogP contribution in [-0.2, 0) is 4.79 Å². The van der Waals surface area contributed by atoms with E-state index in [1.54, 1.807) is 29.2 Å². The molecule has 1 atom stereocenters. The molecule has 1 heterocycles. The second kappa shape index (κ2) is 7.08. The molecule has 0 aromatic heterocycles. The van der Waals surface area contributed by atoms with Gasteiger partial charge in [-0.1, -0.05) is 0 Å². The molecule has 0 aliphatic carbocycles. The van der Waals surface area contributed by atoms with Crippen molar-refractivity contribution in [3.63, 3.8) is 0 Å². The third kappa shape index (κ3) is 3.95. The van der Waals surface area contributed by atoms with E-state index in [-0.39, 0.29) is 31.0 Å². The number of piperidine rings is 1. The van der Waals surface area contributed by atoms with Gasteiger partial charge in [0.1, 0.15) is 0 Å². The van der Waals surface area contributed by atoms with Crippen LogP contribution in [-0.4, -0.2) is 47.6 Å². The third-order valence-corrected chi connectivity index (χ3v) is 3.73. The molecule has 0 saturated carbocycles. The van der Waals surface area contributed by atoms with Crippen molar-refractivity contribution in [2.75, 3.05) is 25.4 Å². The Morgan fingerprint density at radius 3 is 2.67 bits per heavy atom. The summed E-state index contributed by atoms with van der Waals surface area (Å²) in [4.78, 5) is 25.7. The van der Waals surface area contributed by atoms with Crippen LogP contribution < -0.4 is 11.1 Å². The highest BCUT2D eigenvalue weighted by Gasteiger charge is 2.25. The van der Waals surface area contributed by atoms with E-state index in [0.717, 1.165) is 19.3 Å². The van der Waals surface area contributed by atoms with E-state index in [1.165, 1.54) is 0 Å². The highest BCUT2D eigenvalue weighted by atomic mass is 16.3. The number of hydrogen-bond acceptors (Lipinski definition) is 4. The molecule has 6 heteroatoms. The van der Waals surface area contributed by atoms with Crippen molar-refractivity contribution in [2.45, 2.75) is 25.3 Å². The van der Waals surface area contributed by atoms with Gasteiger partial charge >= 0.3 is 0 Å². The van der Waals surface area contributed by atoms with Crippen molar-refractivity contribution in [3.05, 3.63) is 29.8 Å². The highest BCUT2D eigenvalue weighted by Crippen LogP contribution is 2.16. The van der Waals surface area contributed by atoms with Gasteiger partial charge in [-0.15, -0.1) is 0 Å². The van der Waals surface area contributed by atoms with E-state index in [1.807, 2.05) is 0 Å². The van der Waals surface area contributed by atoms with Crippen LogP contribution in [0, 0.1) is 0 Å². The number of nitrogens with one attached hydrogen (secondary N) is 1. The Labute approximate surface area is 123 Å². The largest absolute Gasteiger partial charge is 0.399 e. The number of likely N-dealkylation sites (tertiary alicyclic amines) is 1. The highest BCUT2D eigenvalue weighted by molar-refractivity contribution is 5.96. The van der Waals surface area contributed by atoms with E-state index in [2.05, 4.69) is 5.32 Å². The first-order valence-electron chi connectivity index (χ1n) is 7.16. The number of nitrogens with zero attached hydrogens (tertiary/aromatic N) is 1. The zero-order valence-electron chi connectivity index (χ0n) is 11.9. The van der Waals surface area contributed by atoms with Gasteiger partial charge in [0.15, 0.2) is 0 Å². The zero-order valence-corrected chi connectivity index (χ0v) is 11.9. The Balaban J connectivity index is 1.88. The molecule has 0 bridgehead atoms. The van der Waals surface area contributed by atoms with Crippen molar-refractivity contribution in [3.8, 4) is 0 Å². The summed E-state index contributed by atoms with van der Waals surface area (Å²) in [5.41, 5.74) is 6.61. The van der Waals surface area contributed by atoms with Gasteiger partial charge in [0.25, 0.3) is 5.91 Å². The average Bonchev–Trinajstić information content (AvgIpc) is 2.52. The summed E-state index contributed by atoms with van der Waals surface area (Å²) in [6, 6.07) is 6.39. The SMILES string of the molecule is Nc1ccc(C(=O)NCC(=O)N2CCCCC2CO)cc1. The molecule has 114 valence electrons. The van der Waals surface area contributed by atoms with Gasteiger partial charge in [0.2, 0.25) is 5.91 Å². The van der Waals surface area contributed by atoms with Crippen molar-refractivity contribution in [2.24, 2.45) is 0 Å². The summed E-state index contributed by atoms with van der Waals surface area (Å²) in [5.74, 6) is -0.460. The molecular formula is C15H21N3O3. The minimum Gasteiger partial charge on any atom is -0.399 e. The van der Waals surface area contributed by atoms with Gasteiger partial charge in [-0.25, -0.2) is 0 Å². The summed E-state index contributed by atoms with van der Waals surface area (Å²) in [6.45, 7) is 0.555. The van der Waals surface area contributed by atoms with Gasteiger partial charge in [-0.3, -0.25) is 9.59 Å². The zero-order chi connectivity index (χ0) is 15.2. The normalized spacial score (nSPS) is 18.3. The standard InChI is InChI=1S/C15H21N3O3/c16-12-6-4-11(5-7-12)15(21)17-9-14(20)18-8-2-1-3-13(18)10-19/h4-7,13,19H,1-3,8-10,16H2,(H,17,21). The number of carbonyl (C=O) groups is 2. The smallest absolute Gasteiger partial charge is 0.251 e. The number of rotatable bonds is 4. The van der Waals surface area contributed by atoms with E-state index in [4.69, 9.17) is 5.73 Å². The van der Waals surface area contributed by atoms with E-state index < -0.39 is 0 Å². The molecule has 1 aliphatic heterocycles. The molecule has 2 amide bonds. The van der Waals surface area contributed by atoms with E-state index in [9.17, 15) is 14.7 Å². The number of carbonyl (C=O) groups excluding carboxylic acids is 2. The lowest BCUT2D eigenvalue weighted by atomic mass is 10.0. The number of nitrogen functional groups attached to an aromatic ring is 1. The Morgan fingerprint density at radius 1 is 1.29 bits per heavy atom. The first-order valence-corrected chi connectivity index (χ1v) is 7.16. The van der Waals surface area contributed by atoms with Gasteiger partial charge < -0.3 is 21.1 Å². The number of hydrogen-bond donors (Lipinski definition) is 3. The Kier molecular flexibility index (Phi) is 5.16. The molecule has 1 aromatic rings. The van der Waals surface area contributed by atoms with Crippen LogP contribution in [0.2, 0.25) is 0 Å². The minimum absolute atomic E-state index is 0.0301. The quantitative estimate of drug-likeness (QED) is 0.698. The summed E-state index contributed by atoms with van der Waals surface area (Å²) in [6.07, 6.45) is 2.77. The van der Waals surface area contributed by atoms with Gasteiger partial charge in [-0.2, -0.15) is 0 Å². The number of nitrogens with two attached hydrogens (primary N) is 1. The fourth-order valence-corrected chi connectivity index (χ4v) is 2.51. The molecule has 1 fully saturated rings. The molecule has 1 aromatic carbocycles. The molecule has 1 unspecified atom stereocenters. The molecule has 1 aliphatic rings. The molecule has 0 radical (unpaired) electrons. The van der Waals surface area contributed by atoms with Crippen LogP contribution in [0.15, 0.2) is 24.3 Å². The summed E-state index contributed by atoms with van der Waals surface area (Å²) >= 11 is 0. The Hall–Kier alpha value is -2.08. The number of aliphatic hydroxyl groups excluding tert-OH is 1. The minimum atomic E-state index is -0.305. The first-order chi connectivity index (χ1) is 10.1. The molecule has 2 rings (SSSR count). The summed E-state index contributed by atoms with van der Waals surface area (Å²) in [5, 5.41) is 11.9. The van der Waals surface area contributed by atoms with Crippen LogP contribution in [0.4, 0.5) is 5.69 Å². The van der Waals surface area contributed by atoms with Gasteiger partial charge in [-0.05, 0) is 43.5 Å². The maximum atomic E-state index is 12.1. The molecule has 4 N–H and O–H groups in total. The van der Waals surface area contributed by atoms with Crippen LogP contribution in [0.1, 0.15) is 29.6 Å². The lowest BCUT2D eigenvalue weighted by Crippen LogP contribution is -2.49. The maximum Gasteiger partial charge on any atom is 0.251 e. The second-order valence-corrected chi connectivity index (χ2v) is 5.22. The summed E-state index contributed by atoms with van der Waals surface area (Å²) < 4.78 is 0. The first kappa shape index (κ1) is 15.3. The van der Waals surface area contributed by atoms with Gasteiger partial charge in [0, 0.05) is 17.8 Å². The van der Waals surface area contributed by atoms with Crippen molar-refractivity contribution in [1.29, 1.82) is 0 Å². The lowest BCUT2D eigenvalue weighted by molar-refractivity contribution is -0.134. The van der Waals surface area contributed by atoms with Crippen molar-refractivity contribution < 1.29 is 14.7 Å². The molecule has 21 heavy (non-hydrogen) atoms. The van der Waals surface area contributed by atoms with E-state index >= 15 is 0 Å². The third-order valence-electron chi connectivity index (χ3n) is 3.73. The lowest BCUT2D eigenvalue weighted by Gasteiger charge is -2.34. The predicted molar refractivity (Wildman–Crippen MR) is 79.6 cm³/mol. The molecule has 6 nitrogen and oxygen atoms in total. The number of benzene rings is 1. The van der Waals surface area contributed by atoms with Crippen LogP contribution in [0.25, 0.3) is 0 Å².